The van der Waals surface area contributed by atoms with E-state index in [0.717, 1.165) is 0 Å². The first kappa shape index (κ1) is 13.0. The molecule has 0 aromatic carbocycles. The number of rotatable bonds is 3. The first-order valence-corrected chi connectivity index (χ1v) is 5.85. The summed E-state index contributed by atoms with van der Waals surface area (Å²) in [4.78, 5) is 2.44. The molecule has 0 heterocycles. The van der Waals surface area contributed by atoms with Crippen molar-refractivity contribution in [1.82, 2.24) is 4.90 Å². The van der Waals surface area contributed by atoms with E-state index >= 15 is 0 Å². The van der Waals surface area contributed by atoms with Gasteiger partial charge < -0.3 is 4.90 Å². The summed E-state index contributed by atoms with van der Waals surface area (Å²) in [5.74, 6) is 0. The van der Waals surface area contributed by atoms with Gasteiger partial charge in [0.25, 0.3) is 0 Å². The number of hydrogen-bond donors (Lipinski definition) is 0. The zero-order chi connectivity index (χ0) is 10.3. The summed E-state index contributed by atoms with van der Waals surface area (Å²) in [5, 5.41) is 0. The van der Waals surface area contributed by atoms with Gasteiger partial charge >= 0.3 is 0 Å². The Balaban J connectivity index is 0.000000671. The van der Waals surface area contributed by atoms with Crippen LogP contribution in [0.2, 0.25) is 0 Å². The number of nitrogens with zero attached hydrogens (tertiary/aromatic N) is 1. The van der Waals surface area contributed by atoms with Crippen LogP contribution in [0.1, 0.15) is 53.4 Å². The van der Waals surface area contributed by atoms with Gasteiger partial charge in [-0.1, -0.05) is 40.5 Å². The molecule has 1 aliphatic carbocycles. The fraction of sp³-hybridized carbons (Fsp3) is 1.00. The van der Waals surface area contributed by atoms with E-state index in [4.69, 9.17) is 0 Å². The van der Waals surface area contributed by atoms with Crippen molar-refractivity contribution in [2.75, 3.05) is 20.1 Å². The molecule has 0 amide bonds. The van der Waals surface area contributed by atoms with Crippen molar-refractivity contribution in [1.29, 1.82) is 0 Å². The lowest BCUT2D eigenvalue weighted by Gasteiger charge is -2.28. The van der Waals surface area contributed by atoms with E-state index in [0.29, 0.717) is 5.41 Å². The molecule has 0 N–H and O–H groups in total. The molecular formula is C12H27N. The summed E-state index contributed by atoms with van der Waals surface area (Å²) < 4.78 is 0. The summed E-state index contributed by atoms with van der Waals surface area (Å²) in [7, 11) is 2.23. The molecule has 0 aromatic rings. The zero-order valence-electron chi connectivity index (χ0n) is 10.2. The SMILES string of the molecule is CC.CCN(C)CC1(C)CCCC1. The Bertz CT molecular complexity index is 114. The smallest absolute Gasteiger partial charge is 0.00322 e. The van der Waals surface area contributed by atoms with Crippen LogP contribution in [-0.2, 0) is 0 Å². The van der Waals surface area contributed by atoms with Crippen LogP contribution in [0.15, 0.2) is 0 Å². The Morgan fingerprint density at radius 2 is 1.62 bits per heavy atom. The van der Waals surface area contributed by atoms with Crippen LogP contribution >= 0.6 is 0 Å². The molecule has 0 aromatic heterocycles. The van der Waals surface area contributed by atoms with E-state index in [1.807, 2.05) is 13.8 Å². The highest BCUT2D eigenvalue weighted by atomic mass is 15.1. The summed E-state index contributed by atoms with van der Waals surface area (Å²) in [5.41, 5.74) is 0.644. The molecule has 0 spiro atoms. The predicted octanol–water partition coefficient (Wildman–Crippen LogP) is 3.54. The van der Waals surface area contributed by atoms with Crippen LogP contribution in [0.4, 0.5) is 0 Å². The normalized spacial score (nSPS) is 19.8. The molecule has 0 bridgehead atoms. The van der Waals surface area contributed by atoms with Crippen molar-refractivity contribution in [3.05, 3.63) is 0 Å². The second kappa shape index (κ2) is 6.42. The zero-order valence-corrected chi connectivity index (χ0v) is 10.2. The maximum Gasteiger partial charge on any atom is 0.00322 e. The van der Waals surface area contributed by atoms with Crippen LogP contribution in [0.5, 0.6) is 0 Å². The quantitative estimate of drug-likeness (QED) is 0.650. The monoisotopic (exact) mass is 185 g/mol. The summed E-state index contributed by atoms with van der Waals surface area (Å²) in [6.45, 7) is 11.2. The van der Waals surface area contributed by atoms with E-state index in [1.54, 1.807) is 0 Å². The van der Waals surface area contributed by atoms with Crippen LogP contribution in [0.25, 0.3) is 0 Å². The highest BCUT2D eigenvalue weighted by Crippen LogP contribution is 2.37. The van der Waals surface area contributed by atoms with Gasteiger partial charge in [-0.3, -0.25) is 0 Å². The third-order valence-corrected chi connectivity index (χ3v) is 3.00. The van der Waals surface area contributed by atoms with Crippen molar-refractivity contribution in [2.45, 2.75) is 53.4 Å². The first-order valence-electron chi connectivity index (χ1n) is 5.85. The van der Waals surface area contributed by atoms with Gasteiger partial charge in [0.1, 0.15) is 0 Å². The fourth-order valence-corrected chi connectivity index (χ4v) is 2.15. The Labute approximate surface area is 84.5 Å². The number of hydrogen-bond acceptors (Lipinski definition) is 1. The topological polar surface area (TPSA) is 3.24 Å². The van der Waals surface area contributed by atoms with E-state index in [9.17, 15) is 0 Å². The second-order valence-electron chi connectivity index (χ2n) is 4.35. The molecule has 1 aliphatic rings. The van der Waals surface area contributed by atoms with Gasteiger partial charge in [0.2, 0.25) is 0 Å². The molecule has 13 heavy (non-hydrogen) atoms. The van der Waals surface area contributed by atoms with Crippen LogP contribution < -0.4 is 0 Å². The lowest BCUT2D eigenvalue weighted by Crippen LogP contribution is -2.31. The Morgan fingerprint density at radius 1 is 1.15 bits per heavy atom. The Hall–Kier alpha value is -0.0400. The molecule has 0 saturated heterocycles. The molecule has 1 rings (SSSR count). The van der Waals surface area contributed by atoms with Crippen LogP contribution in [0.3, 0.4) is 0 Å². The maximum absolute atomic E-state index is 2.44. The second-order valence-corrected chi connectivity index (χ2v) is 4.35. The third-order valence-electron chi connectivity index (χ3n) is 3.00. The molecule has 1 saturated carbocycles. The van der Waals surface area contributed by atoms with E-state index in [-0.39, 0.29) is 0 Å². The van der Waals surface area contributed by atoms with Gasteiger partial charge in [0.05, 0.1) is 0 Å². The predicted molar refractivity (Wildman–Crippen MR) is 61.1 cm³/mol. The van der Waals surface area contributed by atoms with Gasteiger partial charge in [0.15, 0.2) is 0 Å². The molecule has 1 heteroatoms. The molecule has 0 unspecified atom stereocenters. The molecular weight excluding hydrogens is 158 g/mol. The summed E-state index contributed by atoms with van der Waals surface area (Å²) in [6.07, 6.45) is 5.79. The van der Waals surface area contributed by atoms with E-state index in [2.05, 4.69) is 25.8 Å². The average molecular weight is 185 g/mol. The molecule has 80 valence electrons. The first-order chi connectivity index (χ1) is 6.16. The van der Waals surface area contributed by atoms with Gasteiger partial charge in [0, 0.05) is 6.54 Å². The van der Waals surface area contributed by atoms with Gasteiger partial charge in [-0.2, -0.15) is 0 Å². The minimum atomic E-state index is 0.644. The highest BCUT2D eigenvalue weighted by Gasteiger charge is 2.29. The molecule has 0 atom stereocenters. The summed E-state index contributed by atoms with van der Waals surface area (Å²) in [6, 6.07) is 0. The standard InChI is InChI=1S/C10H21N.C2H6/c1-4-11(3)9-10(2)7-5-6-8-10;1-2/h4-9H2,1-3H3;1-2H3. The van der Waals surface area contributed by atoms with Crippen molar-refractivity contribution in [2.24, 2.45) is 5.41 Å². The van der Waals surface area contributed by atoms with Crippen LogP contribution in [-0.4, -0.2) is 25.0 Å². The molecule has 0 radical (unpaired) electrons. The van der Waals surface area contributed by atoms with Gasteiger partial charge in [-0.25, -0.2) is 0 Å². The van der Waals surface area contributed by atoms with Crippen molar-refractivity contribution >= 4 is 0 Å². The minimum absolute atomic E-state index is 0.644. The maximum atomic E-state index is 2.44. The highest BCUT2D eigenvalue weighted by molar-refractivity contribution is 4.82. The molecule has 1 nitrogen and oxygen atoms in total. The Morgan fingerprint density at radius 3 is 2.00 bits per heavy atom. The minimum Gasteiger partial charge on any atom is -0.306 e. The Kier molecular flexibility index (Phi) is 6.40. The van der Waals surface area contributed by atoms with Crippen LogP contribution in [0, 0.1) is 5.41 Å². The third kappa shape index (κ3) is 4.66. The average Bonchev–Trinajstić information content (AvgIpc) is 2.55. The lowest BCUT2D eigenvalue weighted by molar-refractivity contribution is 0.203. The van der Waals surface area contributed by atoms with E-state index < -0.39 is 0 Å². The largest absolute Gasteiger partial charge is 0.306 e. The molecule has 0 aliphatic heterocycles. The van der Waals surface area contributed by atoms with Crippen molar-refractivity contribution in [3.63, 3.8) is 0 Å². The fourth-order valence-electron chi connectivity index (χ4n) is 2.15. The summed E-state index contributed by atoms with van der Waals surface area (Å²) >= 11 is 0. The van der Waals surface area contributed by atoms with Crippen molar-refractivity contribution < 1.29 is 0 Å². The van der Waals surface area contributed by atoms with Gasteiger partial charge in [-0.15, -0.1) is 0 Å². The van der Waals surface area contributed by atoms with Gasteiger partial charge in [-0.05, 0) is 31.8 Å². The lowest BCUT2D eigenvalue weighted by atomic mass is 9.88. The van der Waals surface area contributed by atoms with Crippen molar-refractivity contribution in [3.8, 4) is 0 Å². The van der Waals surface area contributed by atoms with E-state index in [1.165, 1.54) is 38.8 Å². The molecule has 1 fully saturated rings.